The van der Waals surface area contributed by atoms with Crippen LogP contribution in [0.5, 0.6) is 0 Å². The minimum atomic E-state index is 0.466. The largest absolute Gasteiger partial charge is 0.358 e. The van der Waals surface area contributed by atoms with Crippen LogP contribution < -0.4 is 5.32 Å². The van der Waals surface area contributed by atoms with Crippen molar-refractivity contribution in [3.8, 4) is 0 Å². The average molecular weight is 391 g/mol. The number of nitrogens with zero attached hydrogens (tertiary/aromatic N) is 3. The second kappa shape index (κ2) is 7.29. The van der Waals surface area contributed by atoms with E-state index in [-0.39, 0.29) is 0 Å². The molecule has 0 bridgehead atoms. The zero-order valence-corrected chi connectivity index (χ0v) is 16.2. The van der Waals surface area contributed by atoms with Gasteiger partial charge in [-0.25, -0.2) is 9.97 Å². The van der Waals surface area contributed by atoms with E-state index in [2.05, 4.69) is 74.9 Å². The van der Waals surface area contributed by atoms with Crippen LogP contribution in [0.3, 0.4) is 0 Å². The summed E-state index contributed by atoms with van der Waals surface area (Å²) in [6.45, 7) is 0. The van der Waals surface area contributed by atoms with E-state index in [1.807, 2.05) is 12.3 Å². The molecule has 1 aliphatic rings. The second-order valence-electron chi connectivity index (χ2n) is 6.64. The Bertz CT molecular complexity index is 1050. The van der Waals surface area contributed by atoms with Gasteiger partial charge in [-0.2, -0.15) is 4.98 Å². The quantitative estimate of drug-likeness (QED) is 0.355. The molecule has 4 aromatic rings. The van der Waals surface area contributed by atoms with E-state index >= 15 is 0 Å². The summed E-state index contributed by atoms with van der Waals surface area (Å²) in [6.07, 6.45) is 3.05. The Kier molecular flexibility index (Phi) is 4.51. The van der Waals surface area contributed by atoms with E-state index in [9.17, 15) is 0 Å². The monoisotopic (exact) mass is 390 g/mol. The fraction of sp³-hybridized carbons (Fsp3) is 0.190. The van der Waals surface area contributed by atoms with Crippen molar-refractivity contribution in [2.24, 2.45) is 0 Å². The van der Waals surface area contributed by atoms with E-state index in [0.29, 0.717) is 12.0 Å². The average Bonchev–Trinajstić information content (AvgIpc) is 3.36. The van der Waals surface area contributed by atoms with Gasteiger partial charge in [0.2, 0.25) is 0 Å². The van der Waals surface area contributed by atoms with Gasteiger partial charge < -0.3 is 5.32 Å². The molecule has 2 aromatic heterocycles. The minimum Gasteiger partial charge on any atom is -0.358 e. The number of benzene rings is 2. The van der Waals surface area contributed by atoms with E-state index in [4.69, 9.17) is 0 Å². The summed E-state index contributed by atoms with van der Waals surface area (Å²) in [5.74, 6) is 1.45. The Balaban J connectivity index is 1.26. The van der Waals surface area contributed by atoms with Crippen LogP contribution in [0.4, 0.5) is 5.13 Å². The van der Waals surface area contributed by atoms with Crippen molar-refractivity contribution >= 4 is 38.6 Å². The summed E-state index contributed by atoms with van der Waals surface area (Å²) in [6, 6.07) is 21.5. The standard InChI is InChI=1S/C21H18N4S2/c1-3-7-14(8-4-1)13-26-20-22-12-18-19(24-20)25-21(27-18)23-17-11-16(17)15-9-5-2-6-10-15/h1-10,12,16-17H,11,13H2,(H,22,23,24,25)/t16-,17+/m0/s1. The lowest BCUT2D eigenvalue weighted by molar-refractivity contribution is 0.991. The first-order valence-electron chi connectivity index (χ1n) is 8.97. The molecule has 134 valence electrons. The Morgan fingerprint density at radius 1 is 1.00 bits per heavy atom. The molecule has 1 N–H and O–H groups in total. The normalized spacial score (nSPS) is 18.5. The Morgan fingerprint density at radius 2 is 1.78 bits per heavy atom. The van der Waals surface area contributed by atoms with Gasteiger partial charge in [0.1, 0.15) is 0 Å². The van der Waals surface area contributed by atoms with Gasteiger partial charge >= 0.3 is 0 Å². The number of aromatic nitrogens is 3. The number of rotatable bonds is 6. The maximum atomic E-state index is 4.68. The summed E-state index contributed by atoms with van der Waals surface area (Å²) in [5.41, 5.74) is 3.45. The molecule has 6 heteroatoms. The summed E-state index contributed by atoms with van der Waals surface area (Å²) in [4.78, 5) is 13.8. The second-order valence-corrected chi connectivity index (χ2v) is 8.61. The highest BCUT2D eigenvalue weighted by Gasteiger charge is 2.38. The van der Waals surface area contributed by atoms with Gasteiger partial charge in [0.15, 0.2) is 15.9 Å². The number of hydrogen-bond acceptors (Lipinski definition) is 6. The summed E-state index contributed by atoms with van der Waals surface area (Å²) in [7, 11) is 0. The van der Waals surface area contributed by atoms with Gasteiger partial charge in [-0.1, -0.05) is 83.8 Å². The minimum absolute atomic E-state index is 0.466. The lowest BCUT2D eigenvalue weighted by atomic mass is 10.1. The lowest BCUT2D eigenvalue weighted by Crippen LogP contribution is -2.03. The van der Waals surface area contributed by atoms with Crippen LogP contribution in [-0.2, 0) is 5.75 Å². The molecular weight excluding hydrogens is 372 g/mol. The molecule has 0 radical (unpaired) electrons. The van der Waals surface area contributed by atoms with Crippen molar-refractivity contribution in [1.29, 1.82) is 0 Å². The first-order valence-corrected chi connectivity index (χ1v) is 10.8. The van der Waals surface area contributed by atoms with Gasteiger partial charge in [0.25, 0.3) is 0 Å². The van der Waals surface area contributed by atoms with Gasteiger partial charge in [-0.05, 0) is 17.5 Å². The fourth-order valence-corrected chi connectivity index (χ4v) is 4.76. The third-order valence-corrected chi connectivity index (χ3v) is 6.51. The van der Waals surface area contributed by atoms with Crippen molar-refractivity contribution in [3.63, 3.8) is 0 Å². The zero-order valence-electron chi connectivity index (χ0n) is 14.6. The van der Waals surface area contributed by atoms with Crippen molar-refractivity contribution < 1.29 is 0 Å². The number of hydrogen-bond donors (Lipinski definition) is 1. The fourth-order valence-electron chi connectivity index (χ4n) is 3.16. The molecule has 2 heterocycles. The van der Waals surface area contributed by atoms with Crippen molar-refractivity contribution in [2.45, 2.75) is 29.3 Å². The first kappa shape index (κ1) is 16.7. The highest BCUT2D eigenvalue weighted by molar-refractivity contribution is 7.98. The molecule has 0 saturated heterocycles. The maximum absolute atomic E-state index is 4.68. The van der Waals surface area contributed by atoms with Gasteiger partial charge in [0.05, 0.1) is 10.9 Å². The van der Waals surface area contributed by atoms with Crippen LogP contribution in [0.15, 0.2) is 72.0 Å². The third kappa shape index (κ3) is 3.82. The lowest BCUT2D eigenvalue weighted by Gasteiger charge is -2.01. The molecule has 27 heavy (non-hydrogen) atoms. The summed E-state index contributed by atoms with van der Waals surface area (Å²) in [5, 5.41) is 5.28. The molecular formula is C21H18N4S2. The number of thioether (sulfide) groups is 1. The molecule has 5 rings (SSSR count). The highest BCUT2D eigenvalue weighted by Crippen LogP contribution is 2.43. The van der Waals surface area contributed by atoms with E-state index in [0.717, 1.165) is 32.8 Å². The molecule has 0 amide bonds. The van der Waals surface area contributed by atoms with Crippen molar-refractivity contribution in [3.05, 3.63) is 78.0 Å². The first-order chi connectivity index (χ1) is 13.3. The van der Waals surface area contributed by atoms with Crippen LogP contribution in [0, 0.1) is 0 Å². The topological polar surface area (TPSA) is 50.7 Å². The Morgan fingerprint density at radius 3 is 2.59 bits per heavy atom. The van der Waals surface area contributed by atoms with Crippen molar-refractivity contribution in [1.82, 2.24) is 15.0 Å². The Hall–Kier alpha value is -2.44. The number of nitrogens with one attached hydrogen (secondary N) is 1. The van der Waals surface area contributed by atoms with E-state index in [1.165, 1.54) is 11.1 Å². The van der Waals surface area contributed by atoms with Crippen LogP contribution in [0.25, 0.3) is 10.3 Å². The molecule has 0 spiro atoms. The number of thiazole rings is 1. The van der Waals surface area contributed by atoms with E-state index in [1.54, 1.807) is 23.1 Å². The SMILES string of the molecule is c1ccc(CSc2ncc3sc(N[C@@H]4C[C@H]4c4ccccc4)nc3n2)cc1. The zero-order chi connectivity index (χ0) is 18.1. The van der Waals surface area contributed by atoms with Crippen LogP contribution in [-0.4, -0.2) is 21.0 Å². The van der Waals surface area contributed by atoms with E-state index < -0.39 is 0 Å². The molecule has 1 fully saturated rings. The van der Waals surface area contributed by atoms with Gasteiger partial charge in [0, 0.05) is 17.7 Å². The molecule has 2 atom stereocenters. The van der Waals surface area contributed by atoms with Gasteiger partial charge in [-0.3, -0.25) is 0 Å². The smallest absolute Gasteiger partial charge is 0.189 e. The maximum Gasteiger partial charge on any atom is 0.189 e. The van der Waals surface area contributed by atoms with Gasteiger partial charge in [-0.15, -0.1) is 0 Å². The number of anilines is 1. The van der Waals surface area contributed by atoms with Crippen LogP contribution in [0.2, 0.25) is 0 Å². The molecule has 0 unspecified atom stereocenters. The molecule has 4 nitrogen and oxygen atoms in total. The van der Waals surface area contributed by atoms with Crippen molar-refractivity contribution in [2.75, 3.05) is 5.32 Å². The summed E-state index contributed by atoms with van der Waals surface area (Å²) < 4.78 is 1.03. The Labute approximate surface area is 166 Å². The predicted molar refractivity (Wildman–Crippen MR) is 112 cm³/mol. The molecule has 2 aromatic carbocycles. The predicted octanol–water partition coefficient (Wildman–Crippen LogP) is 5.35. The molecule has 1 aliphatic carbocycles. The third-order valence-electron chi connectivity index (χ3n) is 4.67. The molecule has 0 aliphatic heterocycles. The van der Waals surface area contributed by atoms with Crippen LogP contribution in [0.1, 0.15) is 23.5 Å². The highest BCUT2D eigenvalue weighted by atomic mass is 32.2. The number of fused-ring (bicyclic) bond motifs is 1. The van der Waals surface area contributed by atoms with Crippen LogP contribution >= 0.6 is 23.1 Å². The molecule has 1 saturated carbocycles. The summed E-state index contributed by atoms with van der Waals surface area (Å²) >= 11 is 3.27.